The maximum atomic E-state index is 13.0. The van der Waals surface area contributed by atoms with E-state index >= 15 is 0 Å². The number of fused-ring (bicyclic) bond motifs is 3. The van der Waals surface area contributed by atoms with Crippen LogP contribution >= 0.6 is 0 Å². The fraction of sp³-hybridized carbons (Fsp3) is 0.875. The summed E-state index contributed by atoms with van der Waals surface area (Å²) in [5.74, 6) is -2.52. The highest BCUT2D eigenvalue weighted by Crippen LogP contribution is 2.47. The number of carbonyl (C=O) groups is 2. The van der Waals surface area contributed by atoms with E-state index in [9.17, 15) is 14.7 Å². The van der Waals surface area contributed by atoms with Crippen LogP contribution in [0, 0.1) is 11.8 Å². The van der Waals surface area contributed by atoms with E-state index in [0.717, 1.165) is 6.42 Å². The monoisotopic (exact) mass is 325 g/mol. The molecule has 3 aliphatic rings. The minimum atomic E-state index is -1.82. The lowest BCUT2D eigenvalue weighted by Gasteiger charge is -2.49. The molecule has 0 aliphatic carbocycles. The van der Waals surface area contributed by atoms with Gasteiger partial charge in [-0.1, -0.05) is 27.7 Å². The van der Waals surface area contributed by atoms with Crippen molar-refractivity contribution in [1.29, 1.82) is 0 Å². The number of amides is 2. The van der Waals surface area contributed by atoms with Gasteiger partial charge in [0.25, 0.3) is 11.8 Å². The molecule has 3 N–H and O–H groups in total. The average molecular weight is 325 g/mol. The first kappa shape index (κ1) is 16.7. The van der Waals surface area contributed by atoms with Gasteiger partial charge in [0.05, 0.1) is 0 Å². The van der Waals surface area contributed by atoms with Crippen LogP contribution in [0.25, 0.3) is 0 Å². The van der Waals surface area contributed by atoms with E-state index in [2.05, 4.69) is 0 Å². The predicted octanol–water partition coefficient (Wildman–Crippen LogP) is 0.222. The van der Waals surface area contributed by atoms with Crippen LogP contribution in [0.2, 0.25) is 0 Å². The highest BCUT2D eigenvalue weighted by Gasteiger charge is 2.70. The molecule has 3 rings (SSSR count). The number of nitrogens with two attached hydrogens (primary N) is 1. The van der Waals surface area contributed by atoms with Crippen LogP contribution in [0.15, 0.2) is 0 Å². The molecule has 0 bridgehead atoms. The average Bonchev–Trinajstić information content (AvgIpc) is 3.00. The molecule has 1 unspecified atom stereocenters. The van der Waals surface area contributed by atoms with E-state index in [4.69, 9.17) is 10.5 Å². The minimum Gasteiger partial charge on any atom is -0.347 e. The first-order valence-corrected chi connectivity index (χ1v) is 8.48. The summed E-state index contributed by atoms with van der Waals surface area (Å²) >= 11 is 0. The lowest BCUT2D eigenvalue weighted by atomic mass is 9.94. The van der Waals surface area contributed by atoms with Gasteiger partial charge in [-0.05, 0) is 25.2 Å². The summed E-state index contributed by atoms with van der Waals surface area (Å²) in [7, 11) is 0. The second-order valence-corrected chi connectivity index (χ2v) is 7.72. The summed E-state index contributed by atoms with van der Waals surface area (Å²) in [5, 5.41) is 11.2. The first-order valence-electron chi connectivity index (χ1n) is 8.48. The SMILES string of the molecule is CC(C)C[C@H]1C(=O)N2CCCC2[C@]2(O)O[C@](N)(C(C)C)C(=O)N12. The molecule has 3 saturated heterocycles. The molecule has 3 heterocycles. The van der Waals surface area contributed by atoms with E-state index in [-0.39, 0.29) is 17.7 Å². The molecule has 2 amide bonds. The zero-order valence-corrected chi connectivity index (χ0v) is 14.3. The molecule has 3 fully saturated rings. The summed E-state index contributed by atoms with van der Waals surface area (Å²) in [6.45, 7) is 8.13. The number of rotatable bonds is 3. The molecular formula is C16H27N3O4. The topological polar surface area (TPSA) is 96.1 Å². The maximum Gasteiger partial charge on any atom is 0.275 e. The molecule has 0 aromatic rings. The van der Waals surface area contributed by atoms with E-state index in [1.54, 1.807) is 18.7 Å². The molecule has 4 atom stereocenters. The Morgan fingerprint density at radius 1 is 1.35 bits per heavy atom. The highest BCUT2D eigenvalue weighted by molar-refractivity contribution is 5.94. The van der Waals surface area contributed by atoms with Crippen molar-refractivity contribution in [3.63, 3.8) is 0 Å². The minimum absolute atomic E-state index is 0.101. The largest absolute Gasteiger partial charge is 0.347 e. The Morgan fingerprint density at radius 3 is 2.57 bits per heavy atom. The molecule has 130 valence electrons. The number of hydrogen-bond donors (Lipinski definition) is 2. The quantitative estimate of drug-likeness (QED) is 0.774. The Morgan fingerprint density at radius 2 is 2.00 bits per heavy atom. The van der Waals surface area contributed by atoms with Gasteiger partial charge in [-0.3, -0.25) is 25.0 Å². The zero-order valence-electron chi connectivity index (χ0n) is 14.3. The van der Waals surface area contributed by atoms with E-state index in [0.29, 0.717) is 19.4 Å². The number of ether oxygens (including phenoxy) is 1. The van der Waals surface area contributed by atoms with Crippen LogP contribution in [0.1, 0.15) is 47.0 Å². The third kappa shape index (κ3) is 2.13. The van der Waals surface area contributed by atoms with Crippen LogP contribution in [0.5, 0.6) is 0 Å². The van der Waals surface area contributed by atoms with Crippen molar-refractivity contribution < 1.29 is 19.4 Å². The molecular weight excluding hydrogens is 298 g/mol. The highest BCUT2D eigenvalue weighted by atomic mass is 16.7. The molecule has 0 radical (unpaired) electrons. The number of piperazine rings is 1. The van der Waals surface area contributed by atoms with Crippen LogP contribution in [-0.2, 0) is 14.3 Å². The molecule has 0 saturated carbocycles. The Bertz CT molecular complexity index is 537. The number of aliphatic hydroxyl groups is 1. The van der Waals surface area contributed by atoms with Crippen LogP contribution in [-0.4, -0.2) is 57.0 Å². The Kier molecular flexibility index (Phi) is 3.74. The van der Waals surface area contributed by atoms with Gasteiger partial charge in [0.2, 0.25) is 11.6 Å². The van der Waals surface area contributed by atoms with Gasteiger partial charge >= 0.3 is 0 Å². The van der Waals surface area contributed by atoms with Gasteiger partial charge in [-0.15, -0.1) is 0 Å². The first-order chi connectivity index (χ1) is 10.6. The second kappa shape index (κ2) is 5.16. The Hall–Kier alpha value is -1.18. The van der Waals surface area contributed by atoms with Crippen molar-refractivity contribution in [1.82, 2.24) is 9.80 Å². The lowest BCUT2D eigenvalue weighted by Crippen LogP contribution is -2.71. The molecule has 3 aliphatic heterocycles. The molecule has 23 heavy (non-hydrogen) atoms. The summed E-state index contributed by atoms with van der Waals surface area (Å²) in [6, 6.07) is -1.25. The standard InChI is InChI=1S/C16H27N3O4/c1-9(2)8-11-13(20)18-7-5-6-12(18)16(22)19(11)14(21)15(17,23-16)10(3)4/h9-12,22H,5-8,17H2,1-4H3/t11-,12?,15+,16-/m0/s1. The lowest BCUT2D eigenvalue weighted by molar-refractivity contribution is -0.318. The fourth-order valence-electron chi connectivity index (χ4n) is 4.01. The molecule has 0 aromatic heterocycles. The zero-order chi connectivity index (χ0) is 17.2. The van der Waals surface area contributed by atoms with E-state index < -0.39 is 29.6 Å². The summed E-state index contributed by atoms with van der Waals surface area (Å²) in [5.41, 5.74) is 4.61. The second-order valence-electron chi connectivity index (χ2n) is 7.72. The summed E-state index contributed by atoms with van der Waals surface area (Å²) < 4.78 is 5.80. The van der Waals surface area contributed by atoms with Gasteiger partial charge in [-0.25, -0.2) is 0 Å². The van der Waals surface area contributed by atoms with Crippen molar-refractivity contribution in [3.05, 3.63) is 0 Å². The van der Waals surface area contributed by atoms with Gasteiger partial charge in [0.15, 0.2) is 0 Å². The number of nitrogens with zero attached hydrogens (tertiary/aromatic N) is 2. The van der Waals surface area contributed by atoms with Gasteiger partial charge in [0.1, 0.15) is 12.1 Å². The van der Waals surface area contributed by atoms with Crippen LogP contribution < -0.4 is 5.73 Å². The number of hydrogen-bond acceptors (Lipinski definition) is 5. The van der Waals surface area contributed by atoms with Gasteiger partial charge in [0, 0.05) is 12.5 Å². The number of carbonyl (C=O) groups excluding carboxylic acids is 2. The summed E-state index contributed by atoms with van der Waals surface area (Å²) in [4.78, 5) is 28.8. The van der Waals surface area contributed by atoms with Gasteiger partial charge in [-0.2, -0.15) is 0 Å². The fourth-order valence-corrected chi connectivity index (χ4v) is 4.01. The van der Waals surface area contributed by atoms with Crippen LogP contribution in [0.4, 0.5) is 0 Å². The van der Waals surface area contributed by atoms with Crippen LogP contribution in [0.3, 0.4) is 0 Å². The molecule has 0 spiro atoms. The molecule has 7 heteroatoms. The molecule has 7 nitrogen and oxygen atoms in total. The van der Waals surface area contributed by atoms with Crippen molar-refractivity contribution in [2.75, 3.05) is 6.54 Å². The van der Waals surface area contributed by atoms with Gasteiger partial charge < -0.3 is 10.0 Å². The smallest absolute Gasteiger partial charge is 0.275 e. The van der Waals surface area contributed by atoms with Crippen molar-refractivity contribution in [3.8, 4) is 0 Å². The Balaban J connectivity index is 2.08. The van der Waals surface area contributed by atoms with Crippen molar-refractivity contribution in [2.45, 2.75) is 70.7 Å². The normalized spacial score (nSPS) is 40.3. The summed E-state index contributed by atoms with van der Waals surface area (Å²) in [6.07, 6.45) is 1.87. The van der Waals surface area contributed by atoms with Crippen molar-refractivity contribution >= 4 is 11.8 Å². The van der Waals surface area contributed by atoms with E-state index in [1.165, 1.54) is 4.90 Å². The third-order valence-corrected chi connectivity index (χ3v) is 5.34. The third-order valence-electron chi connectivity index (χ3n) is 5.34. The Labute approximate surface area is 136 Å². The van der Waals surface area contributed by atoms with E-state index in [1.807, 2.05) is 13.8 Å². The predicted molar refractivity (Wildman–Crippen MR) is 82.6 cm³/mol. The molecule has 0 aromatic carbocycles. The van der Waals surface area contributed by atoms with Crippen molar-refractivity contribution in [2.24, 2.45) is 17.6 Å². The maximum absolute atomic E-state index is 13.0.